The molecule has 6 heteroatoms. The Labute approximate surface area is 258 Å². The number of nitrogens with zero attached hydrogens (tertiary/aromatic N) is 4. The minimum Gasteiger partial charge on any atom is -0.493 e. The van der Waals surface area contributed by atoms with Crippen LogP contribution < -0.4 is 9.47 Å². The maximum Gasteiger partial charge on any atom is 0.127 e. The second-order valence-corrected chi connectivity index (χ2v) is 10.5. The molecule has 0 bridgehead atoms. The Morgan fingerprint density at radius 2 is 0.682 bits per heavy atom. The summed E-state index contributed by atoms with van der Waals surface area (Å²) < 4.78 is 12.7. The van der Waals surface area contributed by atoms with E-state index in [1.807, 2.05) is 98.1 Å². The van der Waals surface area contributed by atoms with Crippen molar-refractivity contribution in [3.8, 4) is 56.0 Å². The summed E-state index contributed by atoms with van der Waals surface area (Å²) in [5, 5.41) is 0. The van der Waals surface area contributed by atoms with Gasteiger partial charge in [-0.1, -0.05) is 24.3 Å². The minimum absolute atomic E-state index is 0.652. The van der Waals surface area contributed by atoms with Gasteiger partial charge in [-0.05, 0) is 120 Å². The van der Waals surface area contributed by atoms with Crippen LogP contribution >= 0.6 is 0 Å². The fraction of sp³-hybridized carbons (Fsp3) is 0.158. The van der Waals surface area contributed by atoms with Gasteiger partial charge in [0, 0.05) is 60.7 Å². The van der Waals surface area contributed by atoms with Crippen molar-refractivity contribution < 1.29 is 9.47 Å². The number of hydrogen-bond acceptors (Lipinski definition) is 6. The Balaban J connectivity index is 1.04. The molecule has 0 unspecified atom stereocenters. The summed E-state index contributed by atoms with van der Waals surface area (Å²) in [6.07, 6.45) is 18.6. The minimum atomic E-state index is 0.652. The molecule has 0 atom stereocenters. The van der Waals surface area contributed by atoms with Crippen molar-refractivity contribution in [3.63, 3.8) is 0 Å². The van der Waals surface area contributed by atoms with Gasteiger partial charge in [0.25, 0.3) is 0 Å². The van der Waals surface area contributed by atoms with Gasteiger partial charge in [-0.25, -0.2) is 0 Å². The van der Waals surface area contributed by atoms with Crippen LogP contribution in [0, 0.1) is 0 Å². The molecule has 4 heterocycles. The predicted octanol–water partition coefficient (Wildman–Crippen LogP) is 8.95. The first-order valence-corrected chi connectivity index (χ1v) is 15.0. The molecule has 4 aromatic heterocycles. The van der Waals surface area contributed by atoms with E-state index in [4.69, 9.17) is 9.47 Å². The largest absolute Gasteiger partial charge is 0.493 e. The highest BCUT2D eigenvalue weighted by Gasteiger charge is 2.11. The van der Waals surface area contributed by atoms with Crippen LogP contribution in [0.5, 0.6) is 11.5 Å². The third kappa shape index (κ3) is 7.34. The van der Waals surface area contributed by atoms with Crippen LogP contribution in [0.3, 0.4) is 0 Å². The molecule has 6 nitrogen and oxygen atoms in total. The summed E-state index contributed by atoms with van der Waals surface area (Å²) in [7, 11) is 0. The molecule has 0 radical (unpaired) electrons. The zero-order chi connectivity index (χ0) is 29.8. The van der Waals surface area contributed by atoms with Crippen molar-refractivity contribution in [1.29, 1.82) is 0 Å². The summed E-state index contributed by atoms with van der Waals surface area (Å²) >= 11 is 0. The summed E-state index contributed by atoms with van der Waals surface area (Å²) in [6.45, 7) is 1.30. The van der Waals surface area contributed by atoms with Gasteiger partial charge in [0.15, 0.2) is 0 Å². The standard InChI is InChI=1S/C38H34N4O2/c1(3-25-43-37-27-33(29-9-17-39-18-10-29)5-7-35(37)31-13-21-41-22-14-31)2-4-26-44-38-28-34(30-11-19-40-20-12-30)6-8-36(38)32-15-23-42-24-16-32/h5-24,27-28H,1-4,25-26H2. The van der Waals surface area contributed by atoms with E-state index in [-0.39, 0.29) is 0 Å². The molecular weight excluding hydrogens is 544 g/mol. The second-order valence-electron chi connectivity index (χ2n) is 10.5. The van der Waals surface area contributed by atoms with Crippen LogP contribution in [-0.4, -0.2) is 33.1 Å². The quantitative estimate of drug-likeness (QED) is 0.127. The molecule has 2 aromatic carbocycles. The van der Waals surface area contributed by atoms with Crippen molar-refractivity contribution in [2.45, 2.75) is 25.7 Å². The molecule has 0 spiro atoms. The van der Waals surface area contributed by atoms with E-state index < -0.39 is 0 Å². The number of unbranched alkanes of at least 4 members (excludes halogenated alkanes) is 3. The van der Waals surface area contributed by atoms with Gasteiger partial charge in [0.1, 0.15) is 11.5 Å². The Morgan fingerprint density at radius 3 is 1.05 bits per heavy atom. The lowest BCUT2D eigenvalue weighted by atomic mass is 10.0. The van der Waals surface area contributed by atoms with E-state index in [1.165, 1.54) is 0 Å². The molecule has 218 valence electrons. The zero-order valence-electron chi connectivity index (χ0n) is 24.5. The number of ether oxygens (including phenoxy) is 2. The average Bonchev–Trinajstić information content (AvgIpc) is 3.11. The summed E-state index contributed by atoms with van der Waals surface area (Å²) in [6, 6.07) is 28.9. The van der Waals surface area contributed by atoms with Crippen LogP contribution in [0.4, 0.5) is 0 Å². The lowest BCUT2D eigenvalue weighted by Crippen LogP contribution is -2.02. The predicted molar refractivity (Wildman–Crippen MR) is 175 cm³/mol. The van der Waals surface area contributed by atoms with Crippen molar-refractivity contribution >= 4 is 0 Å². The molecule has 6 rings (SSSR count). The van der Waals surface area contributed by atoms with E-state index in [0.717, 1.165) is 81.7 Å². The smallest absolute Gasteiger partial charge is 0.127 e. The molecule has 0 aliphatic carbocycles. The van der Waals surface area contributed by atoms with Gasteiger partial charge in [0.05, 0.1) is 13.2 Å². The molecule has 6 aromatic rings. The van der Waals surface area contributed by atoms with Gasteiger partial charge < -0.3 is 9.47 Å². The topological polar surface area (TPSA) is 70.0 Å². The third-order valence-electron chi connectivity index (χ3n) is 7.53. The summed E-state index contributed by atoms with van der Waals surface area (Å²) in [5.74, 6) is 1.76. The van der Waals surface area contributed by atoms with Gasteiger partial charge >= 0.3 is 0 Å². The highest BCUT2D eigenvalue weighted by Crippen LogP contribution is 2.35. The fourth-order valence-corrected chi connectivity index (χ4v) is 5.19. The van der Waals surface area contributed by atoms with E-state index in [0.29, 0.717) is 13.2 Å². The van der Waals surface area contributed by atoms with Crippen molar-refractivity contribution in [2.24, 2.45) is 0 Å². The normalized spacial score (nSPS) is 10.8. The highest BCUT2D eigenvalue weighted by atomic mass is 16.5. The van der Waals surface area contributed by atoms with Crippen molar-refractivity contribution in [1.82, 2.24) is 19.9 Å². The molecule has 0 fully saturated rings. The molecule has 0 saturated carbocycles. The number of benzene rings is 2. The van der Waals surface area contributed by atoms with Crippen LogP contribution in [0.1, 0.15) is 25.7 Å². The van der Waals surface area contributed by atoms with Gasteiger partial charge in [0.2, 0.25) is 0 Å². The fourth-order valence-electron chi connectivity index (χ4n) is 5.19. The maximum atomic E-state index is 6.37. The first-order chi connectivity index (χ1) is 21.8. The third-order valence-corrected chi connectivity index (χ3v) is 7.53. The number of hydrogen-bond donors (Lipinski definition) is 0. The van der Waals surface area contributed by atoms with Crippen molar-refractivity contribution in [2.75, 3.05) is 13.2 Å². The van der Waals surface area contributed by atoms with E-state index in [2.05, 4.69) is 56.3 Å². The molecule has 0 saturated heterocycles. The number of rotatable bonds is 13. The van der Waals surface area contributed by atoms with E-state index >= 15 is 0 Å². The maximum absolute atomic E-state index is 6.37. The molecular formula is C38H34N4O2. The SMILES string of the molecule is c1cc(-c2ccc(-c3ccncc3)c(OCCCCCCOc3cc(-c4ccncc4)ccc3-c3ccncc3)c2)ccn1. The molecule has 0 N–H and O–H groups in total. The van der Waals surface area contributed by atoms with E-state index in [9.17, 15) is 0 Å². The summed E-state index contributed by atoms with van der Waals surface area (Å²) in [5.41, 5.74) is 8.76. The van der Waals surface area contributed by atoms with Crippen LogP contribution in [-0.2, 0) is 0 Å². The van der Waals surface area contributed by atoms with E-state index in [1.54, 1.807) is 0 Å². The molecule has 44 heavy (non-hydrogen) atoms. The first-order valence-electron chi connectivity index (χ1n) is 15.0. The highest BCUT2D eigenvalue weighted by molar-refractivity contribution is 5.77. The Bertz CT molecular complexity index is 1620. The number of aromatic nitrogens is 4. The average molecular weight is 579 g/mol. The number of pyridine rings is 4. The van der Waals surface area contributed by atoms with Crippen molar-refractivity contribution in [3.05, 3.63) is 135 Å². The zero-order valence-corrected chi connectivity index (χ0v) is 24.5. The second kappa shape index (κ2) is 14.7. The van der Waals surface area contributed by atoms with Crippen LogP contribution in [0.25, 0.3) is 44.5 Å². The van der Waals surface area contributed by atoms with Crippen LogP contribution in [0.15, 0.2) is 135 Å². The molecule has 0 aliphatic heterocycles. The monoisotopic (exact) mass is 578 g/mol. The lowest BCUT2D eigenvalue weighted by molar-refractivity contribution is 0.289. The van der Waals surface area contributed by atoms with Gasteiger partial charge in [-0.15, -0.1) is 0 Å². The summed E-state index contributed by atoms with van der Waals surface area (Å²) in [4.78, 5) is 16.6. The molecule has 0 aliphatic rings. The first kappa shape index (κ1) is 28.7. The lowest BCUT2D eigenvalue weighted by Gasteiger charge is -2.15. The van der Waals surface area contributed by atoms with Crippen LogP contribution in [0.2, 0.25) is 0 Å². The Hall–Kier alpha value is -5.36. The molecule has 0 amide bonds. The Kier molecular flexibility index (Phi) is 9.60. The van der Waals surface area contributed by atoms with Gasteiger partial charge in [-0.3, -0.25) is 19.9 Å². The Morgan fingerprint density at radius 1 is 0.341 bits per heavy atom. The van der Waals surface area contributed by atoms with Gasteiger partial charge in [-0.2, -0.15) is 0 Å².